The summed E-state index contributed by atoms with van der Waals surface area (Å²) in [4.78, 5) is 10.5. The zero-order valence-electron chi connectivity index (χ0n) is 8.17. The quantitative estimate of drug-likeness (QED) is 0.294. The molecule has 6 N–H and O–H groups in total. The van der Waals surface area contributed by atoms with Gasteiger partial charge in [0, 0.05) is 0 Å². The molecule has 0 radical (unpaired) electrons. The summed E-state index contributed by atoms with van der Waals surface area (Å²) in [5, 5.41) is 54.6. The molecule has 0 amide bonds. The predicted molar refractivity (Wildman–Crippen MR) is 47.4 cm³/mol. The van der Waals surface area contributed by atoms with Crippen LogP contribution >= 0.6 is 0 Å². The molecule has 0 saturated carbocycles. The maximum atomic E-state index is 10.5. The fourth-order valence-electron chi connectivity index (χ4n) is 1.53. The van der Waals surface area contributed by atoms with E-state index in [0.29, 0.717) is 0 Å². The predicted octanol–water partition coefficient (Wildman–Crippen LogP) is -3.73. The SMILES string of the molecule is O=C(O)C(O)C1O[C@H](CO)[C@H](O)[C@H](O)[C@H]1O. The topological polar surface area (TPSA) is 148 Å². The summed E-state index contributed by atoms with van der Waals surface area (Å²) in [6, 6.07) is 0. The Kier molecular flexibility index (Phi) is 4.19. The second kappa shape index (κ2) is 5.04. The lowest BCUT2D eigenvalue weighted by molar-refractivity contribution is -0.249. The van der Waals surface area contributed by atoms with Crippen molar-refractivity contribution >= 4 is 5.97 Å². The third-order valence-corrected chi connectivity index (χ3v) is 2.49. The molecule has 0 aromatic heterocycles. The van der Waals surface area contributed by atoms with Crippen LogP contribution in [0.25, 0.3) is 0 Å². The maximum absolute atomic E-state index is 10.5. The van der Waals surface area contributed by atoms with Gasteiger partial charge in [-0.2, -0.15) is 0 Å². The van der Waals surface area contributed by atoms with E-state index in [1.807, 2.05) is 0 Å². The van der Waals surface area contributed by atoms with Crippen molar-refractivity contribution in [3.8, 4) is 0 Å². The molecule has 0 spiro atoms. The lowest BCUT2D eigenvalue weighted by atomic mass is 9.92. The first kappa shape index (κ1) is 13.3. The van der Waals surface area contributed by atoms with Crippen LogP contribution in [0, 0.1) is 0 Å². The molecule has 6 atom stereocenters. The van der Waals surface area contributed by atoms with Gasteiger partial charge in [0.1, 0.15) is 30.5 Å². The molecular formula is C8H14O8. The summed E-state index contributed by atoms with van der Waals surface area (Å²) in [5.41, 5.74) is 0. The van der Waals surface area contributed by atoms with Gasteiger partial charge in [0.05, 0.1) is 6.61 Å². The van der Waals surface area contributed by atoms with E-state index in [1.165, 1.54) is 0 Å². The maximum Gasteiger partial charge on any atom is 0.335 e. The Labute approximate surface area is 90.3 Å². The van der Waals surface area contributed by atoms with Crippen molar-refractivity contribution < 1.29 is 40.2 Å². The lowest BCUT2D eigenvalue weighted by Gasteiger charge is -2.40. The van der Waals surface area contributed by atoms with E-state index in [4.69, 9.17) is 14.9 Å². The zero-order valence-corrected chi connectivity index (χ0v) is 8.17. The minimum absolute atomic E-state index is 0.673. The summed E-state index contributed by atoms with van der Waals surface area (Å²) < 4.78 is 4.81. The van der Waals surface area contributed by atoms with Crippen molar-refractivity contribution in [1.29, 1.82) is 0 Å². The summed E-state index contributed by atoms with van der Waals surface area (Å²) >= 11 is 0. The van der Waals surface area contributed by atoms with Crippen LogP contribution in [-0.2, 0) is 9.53 Å². The number of carboxylic acids is 1. The van der Waals surface area contributed by atoms with Gasteiger partial charge >= 0.3 is 5.97 Å². The minimum atomic E-state index is -2.05. The first-order valence-corrected chi connectivity index (χ1v) is 4.61. The van der Waals surface area contributed by atoms with E-state index in [-0.39, 0.29) is 0 Å². The molecule has 1 rings (SSSR count). The van der Waals surface area contributed by atoms with Crippen LogP contribution in [-0.4, -0.2) is 79.8 Å². The highest BCUT2D eigenvalue weighted by molar-refractivity contribution is 5.72. The molecular weight excluding hydrogens is 224 g/mol. The Bertz CT molecular complexity index is 254. The zero-order chi connectivity index (χ0) is 12.5. The van der Waals surface area contributed by atoms with Crippen LogP contribution in [0.4, 0.5) is 0 Å². The third kappa shape index (κ3) is 2.32. The molecule has 0 aliphatic carbocycles. The van der Waals surface area contributed by atoms with Gasteiger partial charge in [-0.05, 0) is 0 Å². The third-order valence-electron chi connectivity index (χ3n) is 2.49. The van der Waals surface area contributed by atoms with Crippen LogP contribution < -0.4 is 0 Å². The van der Waals surface area contributed by atoms with Crippen LogP contribution in [0.1, 0.15) is 0 Å². The fraction of sp³-hybridized carbons (Fsp3) is 0.875. The van der Waals surface area contributed by atoms with Crippen molar-refractivity contribution in [2.24, 2.45) is 0 Å². The Balaban J connectivity index is 2.82. The van der Waals surface area contributed by atoms with E-state index in [9.17, 15) is 25.2 Å². The number of carboxylic acid groups (broad SMARTS) is 1. The van der Waals surface area contributed by atoms with Gasteiger partial charge in [0.25, 0.3) is 0 Å². The first-order chi connectivity index (χ1) is 7.40. The molecule has 8 nitrogen and oxygen atoms in total. The molecule has 1 heterocycles. The largest absolute Gasteiger partial charge is 0.479 e. The molecule has 1 aliphatic rings. The minimum Gasteiger partial charge on any atom is -0.479 e. The smallest absolute Gasteiger partial charge is 0.335 e. The van der Waals surface area contributed by atoms with Gasteiger partial charge in [-0.3, -0.25) is 0 Å². The van der Waals surface area contributed by atoms with E-state index in [2.05, 4.69) is 0 Å². The van der Waals surface area contributed by atoms with E-state index in [1.54, 1.807) is 0 Å². The van der Waals surface area contributed by atoms with Crippen molar-refractivity contribution in [3.63, 3.8) is 0 Å². The van der Waals surface area contributed by atoms with E-state index < -0.39 is 49.2 Å². The number of carbonyl (C=O) groups is 1. The second-order valence-electron chi connectivity index (χ2n) is 3.58. The lowest BCUT2D eigenvalue weighted by Crippen LogP contribution is -2.62. The number of hydrogen-bond acceptors (Lipinski definition) is 7. The Morgan fingerprint density at radius 3 is 2.19 bits per heavy atom. The Morgan fingerprint density at radius 1 is 1.19 bits per heavy atom. The van der Waals surface area contributed by atoms with Crippen molar-refractivity contribution in [1.82, 2.24) is 0 Å². The van der Waals surface area contributed by atoms with Gasteiger partial charge in [0.2, 0.25) is 0 Å². The highest BCUT2D eigenvalue weighted by Gasteiger charge is 2.47. The Morgan fingerprint density at radius 2 is 1.75 bits per heavy atom. The number of aliphatic hydroxyl groups is 5. The molecule has 0 aromatic carbocycles. The summed E-state index contributed by atoms with van der Waals surface area (Å²) in [6.07, 6.45) is -9.89. The molecule has 1 saturated heterocycles. The highest BCUT2D eigenvalue weighted by atomic mass is 16.6. The first-order valence-electron chi connectivity index (χ1n) is 4.61. The molecule has 1 aliphatic heterocycles. The van der Waals surface area contributed by atoms with Crippen LogP contribution in [0.5, 0.6) is 0 Å². The fourth-order valence-corrected chi connectivity index (χ4v) is 1.53. The van der Waals surface area contributed by atoms with Gasteiger partial charge in [-0.1, -0.05) is 0 Å². The van der Waals surface area contributed by atoms with E-state index in [0.717, 1.165) is 0 Å². The number of aliphatic hydroxyl groups excluding tert-OH is 5. The molecule has 0 bridgehead atoms. The number of aliphatic carboxylic acids is 1. The molecule has 0 aromatic rings. The van der Waals surface area contributed by atoms with Gasteiger partial charge in [0.15, 0.2) is 6.10 Å². The van der Waals surface area contributed by atoms with Crippen LogP contribution in [0.15, 0.2) is 0 Å². The second-order valence-corrected chi connectivity index (χ2v) is 3.58. The Hall–Kier alpha value is -0.770. The van der Waals surface area contributed by atoms with Crippen LogP contribution in [0.3, 0.4) is 0 Å². The summed E-state index contributed by atoms with van der Waals surface area (Å²) in [7, 11) is 0. The standard InChI is InChI=1S/C8H14O8/c9-1-2-3(10)4(11)5(12)7(16-2)6(13)8(14)15/h2-7,9-13H,1H2,(H,14,15)/t2-,3+,4+,5-,6?,7?/m1/s1. The summed E-state index contributed by atoms with van der Waals surface area (Å²) in [5.74, 6) is -1.63. The highest BCUT2D eigenvalue weighted by Crippen LogP contribution is 2.23. The number of rotatable bonds is 3. The molecule has 2 unspecified atom stereocenters. The van der Waals surface area contributed by atoms with Crippen molar-refractivity contribution in [2.45, 2.75) is 36.6 Å². The molecule has 1 fully saturated rings. The average Bonchev–Trinajstić information content (AvgIpc) is 2.25. The number of ether oxygens (including phenoxy) is 1. The normalized spacial score (nSPS) is 41.7. The van der Waals surface area contributed by atoms with Crippen molar-refractivity contribution in [2.75, 3.05) is 6.61 Å². The average molecular weight is 238 g/mol. The molecule has 16 heavy (non-hydrogen) atoms. The van der Waals surface area contributed by atoms with E-state index >= 15 is 0 Å². The van der Waals surface area contributed by atoms with Crippen LogP contribution in [0.2, 0.25) is 0 Å². The monoisotopic (exact) mass is 238 g/mol. The van der Waals surface area contributed by atoms with Gasteiger partial charge in [-0.15, -0.1) is 0 Å². The molecule has 94 valence electrons. The van der Waals surface area contributed by atoms with Gasteiger partial charge in [-0.25, -0.2) is 4.79 Å². The summed E-state index contributed by atoms with van der Waals surface area (Å²) in [6.45, 7) is -0.673. The van der Waals surface area contributed by atoms with Crippen molar-refractivity contribution in [3.05, 3.63) is 0 Å². The van der Waals surface area contributed by atoms with Gasteiger partial charge < -0.3 is 35.4 Å². The number of hydrogen-bond donors (Lipinski definition) is 6. The molecule has 8 heteroatoms.